The highest BCUT2D eigenvalue weighted by molar-refractivity contribution is 5.79. The van der Waals surface area contributed by atoms with Crippen molar-refractivity contribution in [1.29, 1.82) is 0 Å². The summed E-state index contributed by atoms with van der Waals surface area (Å²) < 4.78 is 7.63. The molecule has 2 unspecified atom stereocenters. The Labute approximate surface area is 107 Å². The van der Waals surface area contributed by atoms with Gasteiger partial charge in [0.05, 0.1) is 12.4 Å². The van der Waals surface area contributed by atoms with E-state index in [0.29, 0.717) is 6.54 Å². The highest BCUT2D eigenvalue weighted by atomic mass is 16.5. The largest absolute Gasteiger partial charge is 0.376 e. The normalized spacial score (nSPS) is 26.9. The maximum Gasteiger partial charge on any atom is 0.223 e. The van der Waals surface area contributed by atoms with Crippen LogP contribution < -0.4 is 5.32 Å². The molecule has 0 bridgehead atoms. The van der Waals surface area contributed by atoms with Crippen LogP contribution in [0.4, 0.5) is 0 Å². The number of nitrogens with zero attached hydrogens (tertiary/aromatic N) is 2. The first kappa shape index (κ1) is 11.7. The van der Waals surface area contributed by atoms with E-state index >= 15 is 0 Å². The molecule has 0 spiro atoms. The summed E-state index contributed by atoms with van der Waals surface area (Å²) in [6, 6.07) is 0. The van der Waals surface area contributed by atoms with E-state index in [1.54, 1.807) is 0 Å². The van der Waals surface area contributed by atoms with Crippen LogP contribution in [-0.4, -0.2) is 34.7 Å². The lowest BCUT2D eigenvalue weighted by Gasteiger charge is -2.23. The van der Waals surface area contributed by atoms with Crippen LogP contribution in [0, 0.1) is 5.92 Å². The topological polar surface area (TPSA) is 56.1 Å². The standard InChI is InChI=1S/C13H19N3O2/c17-13(15-8-12-2-1-5-18-12)10-3-4-16-9-14-7-11(16)6-10/h7,9-10,12H,1-6,8H2,(H,15,17). The van der Waals surface area contributed by atoms with E-state index in [4.69, 9.17) is 4.74 Å². The van der Waals surface area contributed by atoms with Gasteiger partial charge in [0.1, 0.15) is 0 Å². The summed E-state index contributed by atoms with van der Waals surface area (Å²) >= 11 is 0. The van der Waals surface area contributed by atoms with Gasteiger partial charge in [-0.25, -0.2) is 4.98 Å². The molecule has 3 heterocycles. The SMILES string of the molecule is O=C(NCC1CCCO1)C1CCn2cncc2C1. The molecule has 0 radical (unpaired) electrons. The molecule has 1 fully saturated rings. The molecule has 1 saturated heterocycles. The van der Waals surface area contributed by atoms with E-state index in [1.165, 1.54) is 5.69 Å². The minimum atomic E-state index is 0.0932. The van der Waals surface area contributed by atoms with Crippen molar-refractivity contribution in [3.63, 3.8) is 0 Å². The highest BCUT2D eigenvalue weighted by Gasteiger charge is 2.25. The quantitative estimate of drug-likeness (QED) is 0.859. The molecular weight excluding hydrogens is 230 g/mol. The Hall–Kier alpha value is -1.36. The van der Waals surface area contributed by atoms with Crippen molar-refractivity contribution >= 4 is 5.91 Å². The van der Waals surface area contributed by atoms with Gasteiger partial charge in [0.15, 0.2) is 0 Å². The van der Waals surface area contributed by atoms with Crippen molar-refractivity contribution in [1.82, 2.24) is 14.9 Å². The van der Waals surface area contributed by atoms with Gasteiger partial charge in [0.25, 0.3) is 0 Å². The van der Waals surface area contributed by atoms with Gasteiger partial charge >= 0.3 is 0 Å². The molecule has 0 aromatic carbocycles. The first-order valence-corrected chi connectivity index (χ1v) is 6.71. The van der Waals surface area contributed by atoms with E-state index in [2.05, 4.69) is 14.9 Å². The third-order valence-corrected chi connectivity index (χ3v) is 3.87. The second kappa shape index (κ2) is 5.10. The third kappa shape index (κ3) is 2.41. The Morgan fingerprint density at radius 2 is 2.50 bits per heavy atom. The zero-order chi connectivity index (χ0) is 12.4. The Bertz CT molecular complexity index is 424. The van der Waals surface area contributed by atoms with E-state index in [0.717, 1.165) is 38.8 Å². The van der Waals surface area contributed by atoms with Crippen molar-refractivity contribution in [2.75, 3.05) is 13.2 Å². The molecular formula is C13H19N3O2. The maximum atomic E-state index is 12.1. The first-order valence-electron chi connectivity index (χ1n) is 6.71. The van der Waals surface area contributed by atoms with Crippen molar-refractivity contribution < 1.29 is 9.53 Å². The second-order valence-electron chi connectivity index (χ2n) is 5.15. The van der Waals surface area contributed by atoms with Gasteiger partial charge in [0, 0.05) is 43.9 Å². The van der Waals surface area contributed by atoms with E-state index in [1.807, 2.05) is 12.5 Å². The first-order chi connectivity index (χ1) is 8.83. The van der Waals surface area contributed by atoms with E-state index in [-0.39, 0.29) is 17.9 Å². The number of carbonyl (C=O) groups is 1. The Balaban J connectivity index is 1.51. The molecule has 1 N–H and O–H groups in total. The molecule has 0 aliphatic carbocycles. The van der Waals surface area contributed by atoms with Gasteiger partial charge in [-0.15, -0.1) is 0 Å². The Morgan fingerprint density at radius 3 is 3.33 bits per heavy atom. The monoisotopic (exact) mass is 249 g/mol. The predicted molar refractivity (Wildman–Crippen MR) is 66.0 cm³/mol. The van der Waals surface area contributed by atoms with Gasteiger partial charge < -0.3 is 14.6 Å². The molecule has 2 aliphatic heterocycles. The molecule has 5 heteroatoms. The molecule has 3 rings (SSSR count). The molecule has 0 saturated carbocycles. The van der Waals surface area contributed by atoms with E-state index in [9.17, 15) is 4.79 Å². The van der Waals surface area contributed by atoms with Crippen LogP contribution in [0.15, 0.2) is 12.5 Å². The molecule has 18 heavy (non-hydrogen) atoms. The van der Waals surface area contributed by atoms with Crippen LogP contribution in [-0.2, 0) is 22.5 Å². The predicted octanol–water partition coefficient (Wildman–Crippen LogP) is 0.741. The number of hydrogen-bond acceptors (Lipinski definition) is 3. The van der Waals surface area contributed by atoms with Gasteiger partial charge in [-0.2, -0.15) is 0 Å². The Kier molecular flexibility index (Phi) is 3.32. The molecule has 1 aromatic rings. The summed E-state index contributed by atoms with van der Waals surface area (Å²) in [5, 5.41) is 3.02. The molecule has 98 valence electrons. The molecule has 1 aromatic heterocycles. The van der Waals surface area contributed by atoms with Gasteiger partial charge in [-0.3, -0.25) is 4.79 Å². The van der Waals surface area contributed by atoms with Crippen LogP contribution >= 0.6 is 0 Å². The molecule has 1 amide bonds. The number of rotatable bonds is 3. The number of hydrogen-bond donors (Lipinski definition) is 1. The van der Waals surface area contributed by atoms with Gasteiger partial charge in [-0.05, 0) is 19.3 Å². The number of fused-ring (bicyclic) bond motifs is 1. The van der Waals surface area contributed by atoms with Crippen molar-refractivity contribution in [3.8, 4) is 0 Å². The average Bonchev–Trinajstić information content (AvgIpc) is 3.05. The van der Waals surface area contributed by atoms with Crippen molar-refractivity contribution in [2.24, 2.45) is 5.92 Å². The second-order valence-corrected chi connectivity index (χ2v) is 5.15. The van der Waals surface area contributed by atoms with Crippen LogP contribution in [0.25, 0.3) is 0 Å². The molecule has 2 atom stereocenters. The fraction of sp³-hybridized carbons (Fsp3) is 0.692. The number of aromatic nitrogens is 2. The molecule has 2 aliphatic rings. The maximum absolute atomic E-state index is 12.1. The van der Waals surface area contributed by atoms with Crippen LogP contribution in [0.2, 0.25) is 0 Å². The summed E-state index contributed by atoms with van der Waals surface area (Å²) in [5.41, 5.74) is 1.17. The van der Waals surface area contributed by atoms with Gasteiger partial charge in [-0.1, -0.05) is 0 Å². The minimum Gasteiger partial charge on any atom is -0.376 e. The summed E-state index contributed by atoms with van der Waals surface area (Å²) in [7, 11) is 0. The number of nitrogens with one attached hydrogen (secondary N) is 1. The number of amides is 1. The lowest BCUT2D eigenvalue weighted by molar-refractivity contribution is -0.126. The fourth-order valence-electron chi connectivity index (χ4n) is 2.76. The number of carbonyl (C=O) groups excluding carboxylic acids is 1. The minimum absolute atomic E-state index is 0.0932. The van der Waals surface area contributed by atoms with Crippen molar-refractivity contribution in [3.05, 3.63) is 18.2 Å². The number of imidazole rings is 1. The highest BCUT2D eigenvalue weighted by Crippen LogP contribution is 2.20. The summed E-state index contributed by atoms with van der Waals surface area (Å²) in [4.78, 5) is 16.2. The molecule has 5 nitrogen and oxygen atoms in total. The summed E-state index contributed by atoms with van der Waals surface area (Å²) in [6.07, 6.45) is 7.82. The zero-order valence-corrected chi connectivity index (χ0v) is 10.5. The lowest BCUT2D eigenvalue weighted by Crippen LogP contribution is -2.38. The van der Waals surface area contributed by atoms with E-state index < -0.39 is 0 Å². The van der Waals surface area contributed by atoms with Crippen LogP contribution in [0.3, 0.4) is 0 Å². The number of aryl methyl sites for hydroxylation is 1. The Morgan fingerprint density at radius 1 is 1.56 bits per heavy atom. The van der Waals surface area contributed by atoms with Crippen LogP contribution in [0.5, 0.6) is 0 Å². The zero-order valence-electron chi connectivity index (χ0n) is 10.5. The average molecular weight is 249 g/mol. The summed E-state index contributed by atoms with van der Waals surface area (Å²) in [6.45, 7) is 2.39. The van der Waals surface area contributed by atoms with Crippen molar-refractivity contribution in [2.45, 2.75) is 38.3 Å². The summed E-state index contributed by atoms with van der Waals surface area (Å²) in [5.74, 6) is 0.258. The van der Waals surface area contributed by atoms with Crippen LogP contribution in [0.1, 0.15) is 25.0 Å². The smallest absolute Gasteiger partial charge is 0.223 e. The van der Waals surface area contributed by atoms with Gasteiger partial charge in [0.2, 0.25) is 5.91 Å². The fourth-order valence-corrected chi connectivity index (χ4v) is 2.76. The third-order valence-electron chi connectivity index (χ3n) is 3.87. The number of ether oxygens (including phenoxy) is 1. The lowest BCUT2D eigenvalue weighted by atomic mass is 9.95.